The van der Waals surface area contributed by atoms with Gasteiger partial charge in [-0.1, -0.05) is 42.5 Å². The Bertz CT molecular complexity index is 887. The Morgan fingerprint density at radius 3 is 2.31 bits per heavy atom. The number of benzene rings is 2. The van der Waals surface area contributed by atoms with Crippen LogP contribution in [0.5, 0.6) is 5.75 Å². The molecule has 0 unspecified atom stereocenters. The van der Waals surface area contributed by atoms with Gasteiger partial charge in [0.25, 0.3) is 0 Å². The molecule has 6 nitrogen and oxygen atoms in total. The Balaban J connectivity index is 1.84. The van der Waals surface area contributed by atoms with Crippen molar-refractivity contribution in [3.8, 4) is 5.75 Å². The van der Waals surface area contributed by atoms with E-state index in [-0.39, 0.29) is 5.56 Å². The molecule has 154 valence electrons. The third-order valence-corrected chi connectivity index (χ3v) is 4.73. The van der Waals surface area contributed by atoms with Crippen molar-refractivity contribution in [1.29, 1.82) is 0 Å². The first-order valence-corrected chi connectivity index (χ1v) is 8.77. The summed E-state index contributed by atoms with van der Waals surface area (Å²) in [6.45, 7) is 1.24. The number of hydrogen-bond acceptors (Lipinski definition) is 4. The highest BCUT2D eigenvalue weighted by Crippen LogP contribution is 2.43. The van der Waals surface area contributed by atoms with Gasteiger partial charge in [0.15, 0.2) is 0 Å². The second kappa shape index (κ2) is 7.75. The van der Waals surface area contributed by atoms with Gasteiger partial charge in [-0.3, -0.25) is 4.79 Å². The van der Waals surface area contributed by atoms with E-state index >= 15 is 0 Å². The third-order valence-electron chi connectivity index (χ3n) is 4.73. The van der Waals surface area contributed by atoms with Gasteiger partial charge in [0.05, 0.1) is 12.0 Å². The van der Waals surface area contributed by atoms with Crippen LogP contribution in [0.3, 0.4) is 0 Å². The van der Waals surface area contributed by atoms with E-state index in [4.69, 9.17) is 4.74 Å². The summed E-state index contributed by atoms with van der Waals surface area (Å²) in [6.07, 6.45) is -5.24. The lowest BCUT2D eigenvalue weighted by Crippen LogP contribution is -2.72. The third kappa shape index (κ3) is 4.19. The molecule has 1 heterocycles. The number of amides is 2. The average Bonchev–Trinajstić information content (AvgIpc) is 2.66. The molecule has 29 heavy (non-hydrogen) atoms. The van der Waals surface area contributed by atoms with Crippen molar-refractivity contribution in [2.75, 3.05) is 0 Å². The van der Waals surface area contributed by atoms with E-state index in [1.54, 1.807) is 0 Å². The molecule has 1 fully saturated rings. The largest absolute Gasteiger partial charge is 0.489 e. The summed E-state index contributed by atoms with van der Waals surface area (Å²) in [6, 6.07) is 12.7. The number of Topliss-reactive ketones (excluding diaryl/α,β-unsaturated/α-hetero) is 1. The lowest BCUT2D eigenvalue weighted by Gasteiger charge is -2.44. The summed E-state index contributed by atoms with van der Waals surface area (Å²) in [5.41, 5.74) is -2.50. The Labute approximate surface area is 164 Å². The second-order valence-corrected chi connectivity index (χ2v) is 6.77. The van der Waals surface area contributed by atoms with Crippen molar-refractivity contribution in [1.82, 2.24) is 10.6 Å². The molecule has 2 aromatic carbocycles. The Kier molecular flexibility index (Phi) is 5.52. The zero-order chi connectivity index (χ0) is 21.2. The van der Waals surface area contributed by atoms with E-state index in [2.05, 4.69) is 5.32 Å². The van der Waals surface area contributed by atoms with Crippen molar-refractivity contribution in [2.24, 2.45) is 5.92 Å². The van der Waals surface area contributed by atoms with Crippen LogP contribution in [-0.2, 0) is 11.4 Å². The molecule has 0 spiro atoms. The van der Waals surface area contributed by atoms with Crippen LogP contribution >= 0.6 is 0 Å². The molecular weight excluding hydrogens is 389 g/mol. The maximum atomic E-state index is 13.5. The molecule has 3 N–H and O–H groups in total. The normalized spacial score (nSPS) is 24.4. The van der Waals surface area contributed by atoms with Crippen LogP contribution in [0.4, 0.5) is 18.0 Å². The lowest BCUT2D eigenvalue weighted by atomic mass is 9.79. The molecule has 9 heteroatoms. The van der Waals surface area contributed by atoms with Gasteiger partial charge < -0.3 is 20.5 Å². The molecule has 3 atom stereocenters. The minimum absolute atomic E-state index is 0.231. The number of alkyl halides is 3. The smallest absolute Gasteiger partial charge is 0.437 e. The molecule has 0 aliphatic carbocycles. The van der Waals surface area contributed by atoms with Crippen LogP contribution in [0, 0.1) is 5.92 Å². The van der Waals surface area contributed by atoms with Crippen LogP contribution < -0.4 is 15.4 Å². The Hall–Kier alpha value is -3.07. The summed E-state index contributed by atoms with van der Waals surface area (Å²) in [5.74, 6) is -2.42. The van der Waals surface area contributed by atoms with E-state index in [9.17, 15) is 27.9 Å². The standard InChI is InChI=1S/C20H19F3N2O4/c1-12(26)16-17(24-18(27)25-19(16,28)20(21,22)23)14-7-9-15(10-8-14)29-11-13-5-3-2-4-6-13/h2-10,16-17,28H,11H2,1H3,(H2,24,25,27)/t16-,17+,19+/m1/s1. The number of nitrogens with one attached hydrogen (secondary N) is 2. The number of carbonyl (C=O) groups is 2. The van der Waals surface area contributed by atoms with Crippen molar-refractivity contribution in [3.05, 3.63) is 65.7 Å². The van der Waals surface area contributed by atoms with Gasteiger partial charge in [-0.2, -0.15) is 13.2 Å². The van der Waals surface area contributed by atoms with Crippen LogP contribution in [0.25, 0.3) is 0 Å². The topological polar surface area (TPSA) is 87.7 Å². The quantitative estimate of drug-likeness (QED) is 0.710. The van der Waals surface area contributed by atoms with Crippen LogP contribution in [0.2, 0.25) is 0 Å². The summed E-state index contributed by atoms with van der Waals surface area (Å²) < 4.78 is 46.0. The van der Waals surface area contributed by atoms with Crippen molar-refractivity contribution in [3.63, 3.8) is 0 Å². The Morgan fingerprint density at radius 1 is 1.14 bits per heavy atom. The number of aliphatic hydroxyl groups is 1. The van der Waals surface area contributed by atoms with Gasteiger partial charge in [0.2, 0.25) is 5.72 Å². The van der Waals surface area contributed by atoms with Gasteiger partial charge in [-0.25, -0.2) is 4.79 Å². The van der Waals surface area contributed by atoms with E-state index in [1.165, 1.54) is 29.6 Å². The van der Waals surface area contributed by atoms with Crippen LogP contribution in [0.1, 0.15) is 24.1 Å². The van der Waals surface area contributed by atoms with Gasteiger partial charge in [-0.05, 0) is 30.2 Å². The zero-order valence-electron chi connectivity index (χ0n) is 15.4. The molecule has 3 rings (SSSR count). The molecule has 0 saturated carbocycles. The van der Waals surface area contributed by atoms with Crippen LogP contribution in [0.15, 0.2) is 54.6 Å². The minimum Gasteiger partial charge on any atom is -0.489 e. The maximum Gasteiger partial charge on any atom is 0.437 e. The number of rotatable bonds is 5. The predicted molar refractivity (Wildman–Crippen MR) is 96.8 cm³/mol. The highest BCUT2D eigenvalue weighted by molar-refractivity contribution is 5.86. The number of urea groups is 1. The van der Waals surface area contributed by atoms with Gasteiger partial charge in [0, 0.05) is 0 Å². The van der Waals surface area contributed by atoms with Gasteiger partial charge >= 0.3 is 12.2 Å². The second-order valence-electron chi connectivity index (χ2n) is 6.77. The predicted octanol–water partition coefficient (Wildman–Crippen LogP) is 3.08. The van der Waals surface area contributed by atoms with E-state index in [0.717, 1.165) is 12.5 Å². The van der Waals surface area contributed by atoms with Crippen molar-refractivity contribution >= 4 is 11.8 Å². The first kappa shape index (κ1) is 20.7. The summed E-state index contributed by atoms with van der Waals surface area (Å²) >= 11 is 0. The fraction of sp³-hybridized carbons (Fsp3) is 0.300. The van der Waals surface area contributed by atoms with Gasteiger partial charge in [0.1, 0.15) is 18.1 Å². The average molecular weight is 408 g/mol. The molecule has 2 aromatic rings. The van der Waals surface area contributed by atoms with Crippen molar-refractivity contribution in [2.45, 2.75) is 31.5 Å². The SMILES string of the molecule is CC(=O)[C@@H]1[C@H](c2ccc(OCc3ccccc3)cc2)NC(=O)N[C@@]1(O)C(F)(F)F. The molecule has 0 bridgehead atoms. The van der Waals surface area contributed by atoms with E-state index < -0.39 is 35.7 Å². The first-order chi connectivity index (χ1) is 13.6. The number of ether oxygens (including phenoxy) is 1. The molecule has 1 saturated heterocycles. The minimum atomic E-state index is -5.24. The molecule has 0 aromatic heterocycles. The molecule has 2 amide bonds. The van der Waals surface area contributed by atoms with Crippen LogP contribution in [-0.4, -0.2) is 28.8 Å². The number of halogens is 3. The first-order valence-electron chi connectivity index (χ1n) is 8.77. The molecular formula is C20H19F3N2O4. The summed E-state index contributed by atoms with van der Waals surface area (Å²) in [7, 11) is 0. The Morgan fingerprint density at radius 2 is 1.76 bits per heavy atom. The summed E-state index contributed by atoms with van der Waals surface area (Å²) in [4.78, 5) is 23.8. The highest BCUT2D eigenvalue weighted by Gasteiger charge is 2.65. The number of hydrogen-bond donors (Lipinski definition) is 3. The number of ketones is 1. The molecule has 1 aliphatic rings. The number of carbonyl (C=O) groups excluding carboxylic acids is 2. The summed E-state index contributed by atoms with van der Waals surface area (Å²) in [5, 5.41) is 13.9. The zero-order valence-corrected chi connectivity index (χ0v) is 15.4. The van der Waals surface area contributed by atoms with Crippen molar-refractivity contribution < 1.29 is 32.6 Å². The maximum absolute atomic E-state index is 13.5. The highest BCUT2D eigenvalue weighted by atomic mass is 19.4. The molecule has 1 aliphatic heterocycles. The molecule has 0 radical (unpaired) electrons. The lowest BCUT2D eigenvalue weighted by molar-refractivity contribution is -0.290. The monoisotopic (exact) mass is 408 g/mol. The van der Waals surface area contributed by atoms with E-state index in [0.29, 0.717) is 12.4 Å². The fourth-order valence-electron chi connectivity index (χ4n) is 3.32. The van der Waals surface area contributed by atoms with Gasteiger partial charge in [-0.15, -0.1) is 0 Å². The van der Waals surface area contributed by atoms with E-state index in [1.807, 2.05) is 30.3 Å². The fourth-order valence-corrected chi connectivity index (χ4v) is 3.32.